The maximum atomic E-state index is 6.04. The van der Waals surface area contributed by atoms with Crippen molar-refractivity contribution in [2.24, 2.45) is 0 Å². The van der Waals surface area contributed by atoms with Crippen molar-refractivity contribution < 1.29 is 4.84 Å². The molecule has 0 aliphatic carbocycles. The van der Waals surface area contributed by atoms with Gasteiger partial charge >= 0.3 is 0 Å². The third kappa shape index (κ3) is 3.14. The summed E-state index contributed by atoms with van der Waals surface area (Å²) < 4.78 is 0. The van der Waals surface area contributed by atoms with Crippen molar-refractivity contribution >= 4 is 40.1 Å². The van der Waals surface area contributed by atoms with E-state index in [1.54, 1.807) is 30.5 Å². The predicted octanol–water partition coefficient (Wildman–Crippen LogP) is 4.50. The standard InChI is InChI=1S/C16H13Cl2N3O/c1-22-21(10-11-5-3-2-4-6-11)16-9-19-14-7-12(17)13(18)8-15(14)20-16/h2-9H,10H2,1H3. The number of fused-ring (bicyclic) bond motifs is 1. The molecule has 0 atom stereocenters. The van der Waals surface area contributed by atoms with Crippen LogP contribution in [0.25, 0.3) is 11.0 Å². The van der Waals surface area contributed by atoms with Crippen molar-refractivity contribution in [1.82, 2.24) is 9.97 Å². The quantitative estimate of drug-likeness (QED) is 0.658. The van der Waals surface area contributed by atoms with Gasteiger partial charge in [-0.3, -0.25) is 9.82 Å². The molecule has 112 valence electrons. The van der Waals surface area contributed by atoms with E-state index in [4.69, 9.17) is 28.0 Å². The zero-order chi connectivity index (χ0) is 15.5. The lowest BCUT2D eigenvalue weighted by Gasteiger charge is -2.20. The summed E-state index contributed by atoms with van der Waals surface area (Å²) in [5.74, 6) is 0.609. The molecule has 0 saturated carbocycles. The lowest BCUT2D eigenvalue weighted by atomic mass is 10.2. The summed E-state index contributed by atoms with van der Waals surface area (Å²) in [6.45, 7) is 0.568. The molecule has 0 unspecified atom stereocenters. The number of halogens is 2. The van der Waals surface area contributed by atoms with Gasteiger partial charge in [-0.1, -0.05) is 53.5 Å². The van der Waals surface area contributed by atoms with Gasteiger partial charge in [-0.15, -0.1) is 0 Å². The highest BCUT2D eigenvalue weighted by Gasteiger charge is 2.11. The summed E-state index contributed by atoms with van der Waals surface area (Å²) >= 11 is 12.0. The largest absolute Gasteiger partial charge is 0.275 e. The summed E-state index contributed by atoms with van der Waals surface area (Å²) in [6, 6.07) is 13.4. The maximum absolute atomic E-state index is 6.04. The van der Waals surface area contributed by atoms with Crippen LogP contribution in [0.2, 0.25) is 10.0 Å². The van der Waals surface area contributed by atoms with Crippen LogP contribution in [0.4, 0.5) is 5.82 Å². The second-order valence-electron chi connectivity index (χ2n) is 4.69. The third-order valence-electron chi connectivity index (χ3n) is 3.22. The highest BCUT2D eigenvalue weighted by Crippen LogP contribution is 2.27. The van der Waals surface area contributed by atoms with Crippen LogP contribution in [0.1, 0.15) is 5.56 Å². The second kappa shape index (κ2) is 6.48. The highest BCUT2D eigenvalue weighted by molar-refractivity contribution is 6.42. The summed E-state index contributed by atoms with van der Waals surface area (Å²) in [5, 5.41) is 2.58. The second-order valence-corrected chi connectivity index (χ2v) is 5.50. The monoisotopic (exact) mass is 333 g/mol. The minimum Gasteiger partial charge on any atom is -0.275 e. The lowest BCUT2D eigenvalue weighted by Crippen LogP contribution is -2.22. The van der Waals surface area contributed by atoms with Gasteiger partial charge in [0.05, 0.1) is 40.9 Å². The number of hydrogen-bond donors (Lipinski definition) is 0. The molecule has 0 saturated heterocycles. The van der Waals surface area contributed by atoms with Crippen LogP contribution >= 0.6 is 23.2 Å². The summed E-state index contributed by atoms with van der Waals surface area (Å²) in [6.07, 6.45) is 1.65. The molecular formula is C16H13Cl2N3O. The first kappa shape index (κ1) is 15.0. The molecule has 0 aliphatic rings. The van der Waals surface area contributed by atoms with E-state index in [1.807, 2.05) is 30.3 Å². The number of nitrogens with zero attached hydrogens (tertiary/aromatic N) is 3. The van der Waals surface area contributed by atoms with Gasteiger partial charge in [-0.2, -0.15) is 0 Å². The van der Waals surface area contributed by atoms with Gasteiger partial charge in [-0.25, -0.2) is 10.0 Å². The first-order valence-electron chi connectivity index (χ1n) is 6.65. The zero-order valence-corrected chi connectivity index (χ0v) is 13.3. The molecule has 22 heavy (non-hydrogen) atoms. The van der Waals surface area contributed by atoms with Crippen LogP contribution in [0.5, 0.6) is 0 Å². The Morgan fingerprint density at radius 2 is 1.73 bits per heavy atom. The van der Waals surface area contributed by atoms with E-state index in [-0.39, 0.29) is 0 Å². The van der Waals surface area contributed by atoms with Gasteiger partial charge < -0.3 is 0 Å². The van der Waals surface area contributed by atoms with E-state index in [1.165, 1.54) is 0 Å². The van der Waals surface area contributed by atoms with E-state index in [9.17, 15) is 0 Å². The summed E-state index contributed by atoms with van der Waals surface area (Å²) in [7, 11) is 1.60. The molecule has 3 aromatic rings. The van der Waals surface area contributed by atoms with Crippen LogP contribution in [-0.4, -0.2) is 17.1 Å². The molecule has 0 aliphatic heterocycles. The molecule has 4 nitrogen and oxygen atoms in total. The number of anilines is 1. The van der Waals surface area contributed by atoms with Crippen molar-refractivity contribution in [3.8, 4) is 0 Å². The van der Waals surface area contributed by atoms with Crippen LogP contribution in [0.3, 0.4) is 0 Å². The Labute approximate surface area is 138 Å². The molecule has 6 heteroatoms. The molecule has 0 amide bonds. The smallest absolute Gasteiger partial charge is 0.171 e. The number of hydroxylamine groups is 1. The van der Waals surface area contributed by atoms with Crippen LogP contribution in [-0.2, 0) is 11.4 Å². The molecule has 0 bridgehead atoms. The van der Waals surface area contributed by atoms with E-state index in [0.717, 1.165) is 5.56 Å². The minimum atomic E-state index is 0.452. The Hall–Kier alpha value is -1.88. The van der Waals surface area contributed by atoms with Crippen molar-refractivity contribution in [2.75, 3.05) is 12.2 Å². The normalized spacial score (nSPS) is 10.9. The van der Waals surface area contributed by atoms with Crippen LogP contribution < -0.4 is 5.06 Å². The minimum absolute atomic E-state index is 0.452. The highest BCUT2D eigenvalue weighted by atomic mass is 35.5. The average Bonchev–Trinajstić information content (AvgIpc) is 2.54. The van der Waals surface area contributed by atoms with Gasteiger partial charge in [0, 0.05) is 0 Å². The first-order chi connectivity index (χ1) is 10.7. The fraction of sp³-hybridized carbons (Fsp3) is 0.125. The van der Waals surface area contributed by atoms with Gasteiger partial charge in [0.15, 0.2) is 5.82 Å². The number of aromatic nitrogens is 2. The molecule has 3 rings (SSSR count). The fourth-order valence-electron chi connectivity index (χ4n) is 2.11. The lowest BCUT2D eigenvalue weighted by molar-refractivity contribution is 0.160. The Bertz CT molecular complexity index is 796. The SMILES string of the molecule is CON(Cc1ccccc1)c1cnc2cc(Cl)c(Cl)cc2n1. The Balaban J connectivity index is 1.95. The van der Waals surface area contributed by atoms with Gasteiger partial charge in [0.2, 0.25) is 0 Å². The zero-order valence-electron chi connectivity index (χ0n) is 11.8. The maximum Gasteiger partial charge on any atom is 0.171 e. The number of rotatable bonds is 4. The Kier molecular flexibility index (Phi) is 4.43. The van der Waals surface area contributed by atoms with E-state index in [0.29, 0.717) is 33.4 Å². The number of benzene rings is 2. The third-order valence-corrected chi connectivity index (χ3v) is 3.94. The van der Waals surface area contributed by atoms with Crippen molar-refractivity contribution in [1.29, 1.82) is 0 Å². The topological polar surface area (TPSA) is 38.2 Å². The molecule has 1 heterocycles. The van der Waals surface area contributed by atoms with Crippen LogP contribution in [0, 0.1) is 0 Å². The molecule has 1 aromatic heterocycles. The van der Waals surface area contributed by atoms with Gasteiger partial charge in [0.1, 0.15) is 0 Å². The molecule has 2 aromatic carbocycles. The summed E-state index contributed by atoms with van der Waals surface area (Å²) in [4.78, 5) is 14.3. The molecule has 0 spiro atoms. The molecule has 0 radical (unpaired) electrons. The van der Waals surface area contributed by atoms with Crippen LogP contribution in [0.15, 0.2) is 48.7 Å². The predicted molar refractivity (Wildman–Crippen MR) is 89.2 cm³/mol. The molecule has 0 N–H and O–H groups in total. The average molecular weight is 334 g/mol. The fourth-order valence-corrected chi connectivity index (χ4v) is 2.42. The Morgan fingerprint density at radius 1 is 1.05 bits per heavy atom. The molecule has 0 fully saturated rings. The van der Waals surface area contributed by atoms with Gasteiger partial charge in [0.25, 0.3) is 0 Å². The van der Waals surface area contributed by atoms with E-state index < -0.39 is 0 Å². The molecular weight excluding hydrogens is 321 g/mol. The summed E-state index contributed by atoms with van der Waals surface area (Å²) in [5.41, 5.74) is 2.47. The first-order valence-corrected chi connectivity index (χ1v) is 7.40. The number of hydrogen-bond acceptors (Lipinski definition) is 4. The van der Waals surface area contributed by atoms with E-state index in [2.05, 4.69) is 9.97 Å². The van der Waals surface area contributed by atoms with Crippen molar-refractivity contribution in [3.05, 3.63) is 64.3 Å². The van der Waals surface area contributed by atoms with Crippen molar-refractivity contribution in [3.63, 3.8) is 0 Å². The Morgan fingerprint density at radius 3 is 2.41 bits per heavy atom. The van der Waals surface area contributed by atoms with Gasteiger partial charge in [-0.05, 0) is 17.7 Å². The van der Waals surface area contributed by atoms with E-state index >= 15 is 0 Å². The van der Waals surface area contributed by atoms with Crippen molar-refractivity contribution in [2.45, 2.75) is 6.54 Å².